The van der Waals surface area contributed by atoms with E-state index in [1.807, 2.05) is 39.0 Å². The maximum Gasteiger partial charge on any atom is 0.209 e. The molecule has 1 aliphatic carbocycles. The highest BCUT2D eigenvalue weighted by Gasteiger charge is 2.45. The third kappa shape index (κ3) is 5.51. The molecule has 6 nitrogen and oxygen atoms in total. The van der Waals surface area contributed by atoms with Crippen LogP contribution in [-0.2, 0) is 19.2 Å². The first-order chi connectivity index (χ1) is 14.7. The summed E-state index contributed by atoms with van der Waals surface area (Å²) in [6.07, 6.45) is 9.31. The standard InChI is InChI=1S/C25H34O6/c1-15(2)23(31-28)7-6-16(3)8-20-9-17(4)12-25(29-20)13-19(14-26)21-11-22(27)18(5)10-24(21)30-25/h8,10,12-13,20-21,23-24,26,28H,1,6-7,9,11,14H2,2-5H3/b16-8+/t20-,21-,23-,24-,25+/m1/s1. The highest BCUT2D eigenvalue weighted by Crippen LogP contribution is 2.42. The Hall–Kier alpha value is -1.83. The summed E-state index contributed by atoms with van der Waals surface area (Å²) in [5, 5.41) is 19.0. The summed E-state index contributed by atoms with van der Waals surface area (Å²) in [6.45, 7) is 11.4. The van der Waals surface area contributed by atoms with Crippen LogP contribution in [0.25, 0.3) is 0 Å². The first kappa shape index (κ1) is 23.8. The average molecular weight is 431 g/mol. The zero-order valence-corrected chi connectivity index (χ0v) is 18.9. The van der Waals surface area contributed by atoms with Gasteiger partial charge >= 0.3 is 0 Å². The number of aliphatic hydroxyl groups excluding tert-OH is 1. The van der Waals surface area contributed by atoms with Gasteiger partial charge in [0.1, 0.15) is 6.10 Å². The lowest BCUT2D eigenvalue weighted by Gasteiger charge is -2.45. The molecule has 3 rings (SSSR count). The normalized spacial score (nSPS) is 32.2. The fraction of sp³-hybridized carbons (Fsp3) is 0.560. The summed E-state index contributed by atoms with van der Waals surface area (Å²) in [7, 11) is 0. The van der Waals surface area contributed by atoms with Crippen molar-refractivity contribution in [1.29, 1.82) is 0 Å². The van der Waals surface area contributed by atoms with Crippen molar-refractivity contribution in [2.45, 2.75) is 77.5 Å². The number of ketones is 1. The average Bonchev–Trinajstić information content (AvgIpc) is 2.68. The van der Waals surface area contributed by atoms with Gasteiger partial charge in [-0.1, -0.05) is 23.8 Å². The molecule has 0 aromatic heterocycles. The monoisotopic (exact) mass is 430 g/mol. The van der Waals surface area contributed by atoms with E-state index in [0.29, 0.717) is 18.4 Å². The van der Waals surface area contributed by atoms with Crippen molar-refractivity contribution in [1.82, 2.24) is 0 Å². The summed E-state index contributed by atoms with van der Waals surface area (Å²) < 4.78 is 12.8. The zero-order chi connectivity index (χ0) is 22.8. The molecular weight excluding hydrogens is 396 g/mol. The molecule has 0 aromatic carbocycles. The highest BCUT2D eigenvalue weighted by atomic mass is 17.1. The maximum atomic E-state index is 12.2. The van der Waals surface area contributed by atoms with E-state index in [0.717, 1.165) is 35.1 Å². The number of ether oxygens (including phenoxy) is 2. The number of rotatable bonds is 7. The Labute approximate surface area is 184 Å². The molecule has 5 atom stereocenters. The van der Waals surface area contributed by atoms with E-state index in [9.17, 15) is 9.90 Å². The Morgan fingerprint density at radius 3 is 2.71 bits per heavy atom. The van der Waals surface area contributed by atoms with Crippen LogP contribution in [-0.4, -0.2) is 46.9 Å². The van der Waals surface area contributed by atoms with Crippen molar-refractivity contribution in [3.63, 3.8) is 0 Å². The molecule has 170 valence electrons. The van der Waals surface area contributed by atoms with Crippen LogP contribution in [0.1, 0.15) is 53.4 Å². The van der Waals surface area contributed by atoms with Crippen LogP contribution in [0.4, 0.5) is 0 Å². The van der Waals surface area contributed by atoms with E-state index in [2.05, 4.69) is 17.5 Å². The molecule has 0 saturated carbocycles. The van der Waals surface area contributed by atoms with Gasteiger partial charge in [-0.25, -0.2) is 4.89 Å². The van der Waals surface area contributed by atoms with E-state index >= 15 is 0 Å². The van der Waals surface area contributed by atoms with Gasteiger partial charge in [0.15, 0.2) is 5.78 Å². The van der Waals surface area contributed by atoms with Crippen molar-refractivity contribution in [3.05, 3.63) is 58.7 Å². The Bertz CT molecular complexity index is 848. The molecule has 6 heteroatoms. The van der Waals surface area contributed by atoms with Crippen LogP contribution < -0.4 is 0 Å². The van der Waals surface area contributed by atoms with Crippen LogP contribution >= 0.6 is 0 Å². The van der Waals surface area contributed by atoms with Gasteiger partial charge in [-0.3, -0.25) is 10.1 Å². The number of aliphatic hydroxyl groups is 1. The van der Waals surface area contributed by atoms with Gasteiger partial charge in [-0.2, -0.15) is 0 Å². The summed E-state index contributed by atoms with van der Waals surface area (Å²) in [4.78, 5) is 16.7. The van der Waals surface area contributed by atoms with Gasteiger partial charge in [-0.15, -0.1) is 0 Å². The Balaban J connectivity index is 1.80. The van der Waals surface area contributed by atoms with Gasteiger partial charge in [0, 0.05) is 12.3 Å². The second-order valence-electron chi connectivity index (χ2n) is 9.11. The summed E-state index contributed by atoms with van der Waals surface area (Å²) in [5.41, 5.74) is 4.51. The van der Waals surface area contributed by atoms with Gasteiger partial charge in [-0.05, 0) is 81.9 Å². The van der Waals surface area contributed by atoms with E-state index in [1.165, 1.54) is 0 Å². The minimum absolute atomic E-state index is 0.0905. The summed E-state index contributed by atoms with van der Waals surface area (Å²) in [6, 6.07) is 0. The predicted octanol–water partition coefficient (Wildman–Crippen LogP) is 4.43. The first-order valence-electron chi connectivity index (χ1n) is 10.9. The number of hydrogen-bond acceptors (Lipinski definition) is 6. The Morgan fingerprint density at radius 1 is 1.32 bits per heavy atom. The van der Waals surface area contributed by atoms with Crippen molar-refractivity contribution in [3.8, 4) is 0 Å². The largest absolute Gasteiger partial charge is 0.392 e. The topological polar surface area (TPSA) is 85.2 Å². The van der Waals surface area contributed by atoms with Gasteiger partial charge in [0.25, 0.3) is 0 Å². The number of allylic oxidation sites excluding steroid dienone is 2. The van der Waals surface area contributed by atoms with Gasteiger partial charge < -0.3 is 14.6 Å². The number of carbonyl (C=O) groups is 1. The Kier molecular flexibility index (Phi) is 7.50. The molecule has 2 N–H and O–H groups in total. The number of hydrogen-bond donors (Lipinski definition) is 2. The highest BCUT2D eigenvalue weighted by molar-refractivity contribution is 5.96. The molecule has 0 bridgehead atoms. The third-order valence-corrected chi connectivity index (χ3v) is 6.28. The minimum atomic E-state index is -1.06. The van der Waals surface area contributed by atoms with Crippen molar-refractivity contribution < 1.29 is 29.5 Å². The quantitative estimate of drug-likeness (QED) is 0.353. The molecule has 0 unspecified atom stereocenters. The van der Waals surface area contributed by atoms with Gasteiger partial charge in [0.2, 0.25) is 5.79 Å². The van der Waals surface area contributed by atoms with Crippen LogP contribution in [0.15, 0.2) is 58.7 Å². The molecule has 2 aliphatic heterocycles. The zero-order valence-electron chi connectivity index (χ0n) is 18.9. The lowest BCUT2D eigenvalue weighted by molar-refractivity contribution is -0.269. The number of fused-ring (bicyclic) bond motifs is 1. The summed E-state index contributed by atoms with van der Waals surface area (Å²) >= 11 is 0. The molecule has 1 spiro atoms. The van der Waals surface area contributed by atoms with E-state index in [4.69, 9.17) is 14.7 Å². The first-order valence-corrected chi connectivity index (χ1v) is 10.9. The van der Waals surface area contributed by atoms with Crippen molar-refractivity contribution in [2.24, 2.45) is 5.92 Å². The van der Waals surface area contributed by atoms with Gasteiger partial charge in [0.05, 0.1) is 18.8 Å². The molecule has 0 aromatic rings. The Morgan fingerprint density at radius 2 is 2.06 bits per heavy atom. The molecule has 2 heterocycles. The maximum absolute atomic E-state index is 12.2. The lowest BCUT2D eigenvalue weighted by Crippen LogP contribution is -2.49. The smallest absolute Gasteiger partial charge is 0.209 e. The molecular formula is C25H34O6. The van der Waals surface area contributed by atoms with E-state index < -0.39 is 5.79 Å². The SMILES string of the molecule is C=C(C)[C@@H](CC/C(C)=C/[C@@H]1CC(C)=C[C@]2(C=C(CO)[C@H]3CC(=O)C(C)=C[C@H]3O2)O1)OO. The molecule has 0 amide bonds. The third-order valence-electron chi connectivity index (χ3n) is 6.28. The minimum Gasteiger partial charge on any atom is -0.392 e. The molecule has 0 fully saturated rings. The van der Waals surface area contributed by atoms with Crippen LogP contribution in [0.3, 0.4) is 0 Å². The predicted molar refractivity (Wildman–Crippen MR) is 118 cm³/mol. The molecule has 31 heavy (non-hydrogen) atoms. The summed E-state index contributed by atoms with van der Waals surface area (Å²) in [5.74, 6) is -1.12. The fourth-order valence-electron chi connectivity index (χ4n) is 4.58. The van der Waals surface area contributed by atoms with Crippen LogP contribution in [0.2, 0.25) is 0 Å². The second-order valence-corrected chi connectivity index (χ2v) is 9.11. The van der Waals surface area contributed by atoms with Crippen LogP contribution in [0.5, 0.6) is 0 Å². The second kappa shape index (κ2) is 9.76. The molecule has 3 aliphatic rings. The fourth-order valence-corrected chi connectivity index (χ4v) is 4.58. The molecule has 0 radical (unpaired) electrons. The lowest BCUT2D eigenvalue weighted by atomic mass is 9.79. The van der Waals surface area contributed by atoms with Crippen molar-refractivity contribution >= 4 is 5.78 Å². The van der Waals surface area contributed by atoms with E-state index in [1.54, 1.807) is 6.92 Å². The van der Waals surface area contributed by atoms with Crippen molar-refractivity contribution in [2.75, 3.05) is 6.61 Å². The number of carbonyl (C=O) groups excluding carboxylic acids is 1. The molecule has 0 saturated heterocycles. The van der Waals surface area contributed by atoms with E-state index in [-0.39, 0.29) is 36.6 Å². The van der Waals surface area contributed by atoms with Crippen LogP contribution in [0, 0.1) is 5.92 Å². The number of Topliss-reactive ketones (excluding diaryl/α,β-unsaturated/α-hetero) is 1.